The Bertz CT molecular complexity index is 907. The van der Waals surface area contributed by atoms with Crippen LogP contribution in [0, 0.1) is 0 Å². The number of carbonyl (C=O) groups is 1. The number of hydrogen-bond acceptors (Lipinski definition) is 4. The van der Waals surface area contributed by atoms with Crippen molar-refractivity contribution in [1.82, 2.24) is 9.88 Å². The minimum absolute atomic E-state index is 0.101. The molecule has 1 fully saturated rings. The molecule has 1 aromatic heterocycles. The summed E-state index contributed by atoms with van der Waals surface area (Å²) in [6, 6.07) is 23.8. The van der Waals surface area contributed by atoms with Gasteiger partial charge in [0.25, 0.3) is 0 Å². The van der Waals surface area contributed by atoms with Gasteiger partial charge in [0.15, 0.2) is 0 Å². The fraction of sp³-hybridized carbons (Fsp3) is 0.250. The van der Waals surface area contributed by atoms with Crippen LogP contribution >= 0.6 is 0 Å². The fourth-order valence-corrected chi connectivity index (χ4v) is 3.78. The van der Waals surface area contributed by atoms with Gasteiger partial charge < -0.3 is 9.84 Å². The molecule has 5 heteroatoms. The SMILES string of the molecule is O=C(O)c1ccnc(CN2CC[C@H](OC(c3ccccc3)c3ccccc3)C2)c1. The second-order valence-electron chi connectivity index (χ2n) is 7.32. The number of aromatic carboxylic acids is 1. The lowest BCUT2D eigenvalue weighted by Gasteiger charge is -2.23. The van der Waals surface area contributed by atoms with E-state index in [1.165, 1.54) is 6.07 Å². The van der Waals surface area contributed by atoms with E-state index in [4.69, 9.17) is 9.84 Å². The van der Waals surface area contributed by atoms with Crippen LogP contribution in [0.4, 0.5) is 0 Å². The van der Waals surface area contributed by atoms with E-state index in [0.29, 0.717) is 6.54 Å². The zero-order valence-corrected chi connectivity index (χ0v) is 16.1. The Hall–Kier alpha value is -3.02. The summed E-state index contributed by atoms with van der Waals surface area (Å²) in [6.07, 6.45) is 2.51. The van der Waals surface area contributed by atoms with Crippen molar-refractivity contribution in [2.75, 3.05) is 13.1 Å². The topological polar surface area (TPSA) is 62.7 Å². The molecular formula is C24H24N2O3. The number of ether oxygens (including phenoxy) is 1. The van der Waals surface area contributed by atoms with Crippen molar-refractivity contribution < 1.29 is 14.6 Å². The molecule has 0 spiro atoms. The molecule has 1 N–H and O–H groups in total. The highest BCUT2D eigenvalue weighted by molar-refractivity contribution is 5.87. The van der Waals surface area contributed by atoms with Gasteiger partial charge >= 0.3 is 5.97 Å². The van der Waals surface area contributed by atoms with E-state index in [0.717, 1.165) is 36.3 Å². The van der Waals surface area contributed by atoms with Gasteiger partial charge in [-0.15, -0.1) is 0 Å². The highest BCUT2D eigenvalue weighted by Gasteiger charge is 2.27. The number of rotatable bonds is 7. The summed E-state index contributed by atoms with van der Waals surface area (Å²) in [5.74, 6) is -0.926. The standard InChI is InChI=1S/C24H24N2O3/c27-24(28)20-11-13-25-21(15-20)16-26-14-12-22(17-26)29-23(18-7-3-1-4-8-18)19-9-5-2-6-10-19/h1-11,13,15,22-23H,12,14,16-17H2,(H,27,28)/t22-/m0/s1. The number of pyridine rings is 1. The maximum Gasteiger partial charge on any atom is 0.335 e. The molecule has 0 saturated carbocycles. The van der Waals surface area contributed by atoms with Gasteiger partial charge in [0.2, 0.25) is 0 Å². The predicted octanol–water partition coefficient (Wildman–Crippen LogP) is 4.16. The third kappa shape index (κ3) is 4.88. The normalized spacial score (nSPS) is 16.9. The largest absolute Gasteiger partial charge is 0.478 e. The van der Waals surface area contributed by atoms with Crippen LogP contribution in [-0.4, -0.2) is 40.2 Å². The van der Waals surface area contributed by atoms with E-state index in [-0.39, 0.29) is 17.8 Å². The van der Waals surface area contributed by atoms with Crippen LogP contribution < -0.4 is 0 Å². The van der Waals surface area contributed by atoms with Crippen LogP contribution in [0.3, 0.4) is 0 Å². The molecule has 0 bridgehead atoms. The number of carboxylic acid groups (broad SMARTS) is 1. The first-order valence-corrected chi connectivity index (χ1v) is 9.85. The zero-order valence-electron chi connectivity index (χ0n) is 16.1. The highest BCUT2D eigenvalue weighted by atomic mass is 16.5. The van der Waals surface area contributed by atoms with Crippen molar-refractivity contribution in [3.63, 3.8) is 0 Å². The molecule has 29 heavy (non-hydrogen) atoms. The van der Waals surface area contributed by atoms with Crippen molar-refractivity contribution in [1.29, 1.82) is 0 Å². The van der Waals surface area contributed by atoms with Gasteiger partial charge in [-0.3, -0.25) is 9.88 Å². The maximum atomic E-state index is 11.2. The lowest BCUT2D eigenvalue weighted by Crippen LogP contribution is -2.25. The number of benzene rings is 2. The van der Waals surface area contributed by atoms with E-state index in [1.807, 2.05) is 36.4 Å². The molecule has 1 atom stereocenters. The molecule has 0 aliphatic carbocycles. The zero-order chi connectivity index (χ0) is 20.1. The second kappa shape index (κ2) is 8.99. The minimum Gasteiger partial charge on any atom is -0.478 e. The van der Waals surface area contributed by atoms with Crippen molar-refractivity contribution in [3.05, 3.63) is 101 Å². The maximum absolute atomic E-state index is 11.2. The van der Waals surface area contributed by atoms with Gasteiger partial charge in [0.05, 0.1) is 17.4 Å². The Balaban J connectivity index is 1.44. The van der Waals surface area contributed by atoms with Gasteiger partial charge in [-0.2, -0.15) is 0 Å². The van der Waals surface area contributed by atoms with Crippen molar-refractivity contribution in [2.24, 2.45) is 0 Å². The Morgan fingerprint density at radius 2 is 1.72 bits per heavy atom. The van der Waals surface area contributed by atoms with Gasteiger partial charge in [-0.05, 0) is 29.7 Å². The van der Waals surface area contributed by atoms with Crippen LogP contribution in [0.15, 0.2) is 79.0 Å². The monoisotopic (exact) mass is 388 g/mol. The first-order valence-electron chi connectivity index (χ1n) is 9.85. The van der Waals surface area contributed by atoms with E-state index >= 15 is 0 Å². The molecular weight excluding hydrogens is 364 g/mol. The average molecular weight is 388 g/mol. The van der Waals surface area contributed by atoms with E-state index in [1.54, 1.807) is 12.3 Å². The summed E-state index contributed by atoms with van der Waals surface area (Å²) in [5.41, 5.74) is 3.34. The summed E-state index contributed by atoms with van der Waals surface area (Å²) in [7, 11) is 0. The van der Waals surface area contributed by atoms with Crippen LogP contribution in [0.2, 0.25) is 0 Å². The van der Waals surface area contributed by atoms with Gasteiger partial charge in [-0.25, -0.2) is 4.79 Å². The molecule has 0 amide bonds. The molecule has 1 aliphatic rings. The van der Waals surface area contributed by atoms with Crippen LogP contribution in [0.25, 0.3) is 0 Å². The van der Waals surface area contributed by atoms with Crippen molar-refractivity contribution >= 4 is 5.97 Å². The van der Waals surface area contributed by atoms with E-state index in [2.05, 4.69) is 34.1 Å². The smallest absolute Gasteiger partial charge is 0.335 e. The third-order valence-electron chi connectivity index (χ3n) is 5.21. The first-order chi connectivity index (χ1) is 14.2. The summed E-state index contributed by atoms with van der Waals surface area (Å²) < 4.78 is 6.56. The number of likely N-dealkylation sites (tertiary alicyclic amines) is 1. The highest BCUT2D eigenvalue weighted by Crippen LogP contribution is 2.30. The number of hydrogen-bond donors (Lipinski definition) is 1. The van der Waals surface area contributed by atoms with Gasteiger partial charge in [0, 0.05) is 25.8 Å². The summed E-state index contributed by atoms with van der Waals surface area (Å²) in [4.78, 5) is 17.8. The Morgan fingerprint density at radius 3 is 2.34 bits per heavy atom. The van der Waals surface area contributed by atoms with E-state index in [9.17, 15) is 4.79 Å². The average Bonchev–Trinajstić information content (AvgIpc) is 3.20. The Labute approximate surface area is 170 Å². The number of aromatic nitrogens is 1. The van der Waals surface area contributed by atoms with Gasteiger partial charge in [0.1, 0.15) is 6.10 Å². The molecule has 2 heterocycles. The molecule has 1 saturated heterocycles. The minimum atomic E-state index is -0.926. The Kier molecular flexibility index (Phi) is 5.98. The lowest BCUT2D eigenvalue weighted by molar-refractivity contribution is 0.0138. The number of nitrogens with zero attached hydrogens (tertiary/aromatic N) is 2. The Morgan fingerprint density at radius 1 is 1.07 bits per heavy atom. The van der Waals surface area contributed by atoms with Crippen LogP contribution in [0.5, 0.6) is 0 Å². The summed E-state index contributed by atoms with van der Waals surface area (Å²) in [6.45, 7) is 2.33. The molecule has 3 aromatic rings. The third-order valence-corrected chi connectivity index (χ3v) is 5.21. The quantitative estimate of drug-likeness (QED) is 0.658. The van der Waals surface area contributed by atoms with E-state index < -0.39 is 5.97 Å². The molecule has 5 nitrogen and oxygen atoms in total. The molecule has 148 valence electrons. The molecule has 4 rings (SSSR count). The number of carboxylic acids is 1. The fourth-order valence-electron chi connectivity index (χ4n) is 3.78. The van der Waals surface area contributed by atoms with Crippen molar-refractivity contribution in [2.45, 2.75) is 25.2 Å². The molecule has 1 aliphatic heterocycles. The summed E-state index contributed by atoms with van der Waals surface area (Å²) >= 11 is 0. The second-order valence-corrected chi connectivity index (χ2v) is 7.32. The summed E-state index contributed by atoms with van der Waals surface area (Å²) in [5, 5.41) is 9.17. The van der Waals surface area contributed by atoms with Gasteiger partial charge in [-0.1, -0.05) is 60.7 Å². The first kappa shape index (κ1) is 19.3. The molecule has 2 aromatic carbocycles. The van der Waals surface area contributed by atoms with Crippen LogP contribution in [-0.2, 0) is 11.3 Å². The van der Waals surface area contributed by atoms with Crippen LogP contribution in [0.1, 0.15) is 39.7 Å². The molecule has 0 radical (unpaired) electrons. The van der Waals surface area contributed by atoms with Crippen molar-refractivity contribution in [3.8, 4) is 0 Å². The predicted molar refractivity (Wildman–Crippen MR) is 111 cm³/mol. The molecule has 0 unspecified atom stereocenters. The lowest BCUT2D eigenvalue weighted by atomic mass is 10.0.